The average Bonchev–Trinajstić information content (AvgIpc) is 3.33. The summed E-state index contributed by atoms with van der Waals surface area (Å²) in [4.78, 5) is 70.5. The predicted molar refractivity (Wildman–Crippen MR) is 178 cm³/mol. The average molecular weight is 670 g/mol. The third kappa shape index (κ3) is 8.35. The molecule has 0 unspecified atom stereocenters. The number of hydrogen-bond donors (Lipinski definition) is 1. The van der Waals surface area contributed by atoms with E-state index in [2.05, 4.69) is 5.32 Å². The van der Waals surface area contributed by atoms with Crippen LogP contribution in [-0.4, -0.2) is 107 Å². The van der Waals surface area contributed by atoms with Crippen molar-refractivity contribution in [1.29, 1.82) is 0 Å². The van der Waals surface area contributed by atoms with Crippen LogP contribution in [0.2, 0.25) is 0 Å². The molecule has 1 saturated heterocycles. The molecule has 1 N–H and O–H groups in total. The molecule has 4 amide bonds. The third-order valence-corrected chi connectivity index (χ3v) is 9.20. The molecule has 0 spiro atoms. The first-order valence-electron chi connectivity index (χ1n) is 16.5. The lowest BCUT2D eigenvalue weighted by Gasteiger charge is -2.39. The van der Waals surface area contributed by atoms with Gasteiger partial charge in [0.15, 0.2) is 0 Å². The number of aromatic nitrogens is 1. The summed E-state index contributed by atoms with van der Waals surface area (Å²) in [6.07, 6.45) is 6.61. The first kappa shape index (κ1) is 36.4. The fraction of sp³-hybridized carbons (Fsp3) is 0.571. The first-order chi connectivity index (χ1) is 22.6. The van der Waals surface area contributed by atoms with E-state index in [1.165, 1.54) is 43.3 Å². The molecule has 2 aliphatic rings. The number of hydrogen-bond acceptors (Lipinski definition) is 7. The van der Waals surface area contributed by atoms with Crippen molar-refractivity contribution in [3.05, 3.63) is 41.3 Å². The molecule has 2 heterocycles. The van der Waals surface area contributed by atoms with Gasteiger partial charge in [-0.15, -0.1) is 0 Å². The van der Waals surface area contributed by atoms with Crippen molar-refractivity contribution in [1.82, 2.24) is 24.6 Å². The summed E-state index contributed by atoms with van der Waals surface area (Å²) in [5, 5.41) is 3.44. The predicted octanol–water partition coefficient (Wildman–Crippen LogP) is 4.11. The Bertz CT molecular complexity index is 1560. The number of nitrogens with one attached hydrogen (secondary N) is 1. The molecular weight excluding hydrogens is 621 g/mol. The molecule has 1 saturated carbocycles. The van der Waals surface area contributed by atoms with Gasteiger partial charge >= 0.3 is 12.1 Å². The van der Waals surface area contributed by atoms with Crippen LogP contribution in [0.1, 0.15) is 75.9 Å². The minimum atomic E-state index is -0.870. The molecule has 1 aromatic carbocycles. The van der Waals surface area contributed by atoms with E-state index in [-0.39, 0.29) is 49.6 Å². The topological polar surface area (TPSA) is 130 Å². The molecule has 12 nitrogen and oxygen atoms in total. The van der Waals surface area contributed by atoms with Gasteiger partial charge in [-0.05, 0) is 70.7 Å². The number of esters is 1. The molecule has 4 rings (SSSR count). The smallest absolute Gasteiger partial charge is 0.410 e. The number of halogens is 1. The van der Waals surface area contributed by atoms with Crippen LogP contribution in [0.3, 0.4) is 0 Å². The maximum Gasteiger partial charge on any atom is 0.410 e. The Balaban J connectivity index is 1.50. The van der Waals surface area contributed by atoms with Crippen molar-refractivity contribution in [3.63, 3.8) is 0 Å². The molecule has 2 aromatic rings. The molecule has 262 valence electrons. The number of ether oxygens (including phenoxy) is 2. The molecule has 2 fully saturated rings. The number of piperazine rings is 1. The highest BCUT2D eigenvalue weighted by atomic mass is 19.1. The van der Waals surface area contributed by atoms with Crippen LogP contribution < -0.4 is 5.32 Å². The Kier molecular flexibility index (Phi) is 11.5. The van der Waals surface area contributed by atoms with Gasteiger partial charge in [0.1, 0.15) is 29.2 Å². The lowest BCUT2D eigenvalue weighted by atomic mass is 9.83. The highest BCUT2D eigenvalue weighted by Gasteiger charge is 2.38. The van der Waals surface area contributed by atoms with Crippen molar-refractivity contribution in [3.8, 4) is 0 Å². The van der Waals surface area contributed by atoms with Crippen LogP contribution in [0.25, 0.3) is 17.0 Å². The van der Waals surface area contributed by atoms with E-state index in [0.29, 0.717) is 16.5 Å². The summed E-state index contributed by atoms with van der Waals surface area (Å²) < 4.78 is 26.1. The van der Waals surface area contributed by atoms with Crippen LogP contribution in [0.5, 0.6) is 0 Å². The Morgan fingerprint density at radius 3 is 2.25 bits per heavy atom. The zero-order valence-electron chi connectivity index (χ0n) is 29.0. The second kappa shape index (κ2) is 15.2. The van der Waals surface area contributed by atoms with E-state index in [0.717, 1.165) is 32.1 Å². The van der Waals surface area contributed by atoms with Crippen LogP contribution >= 0.6 is 0 Å². The number of nitrogens with zero attached hydrogens (tertiary/aromatic N) is 4. The van der Waals surface area contributed by atoms with Crippen molar-refractivity contribution < 1.29 is 37.8 Å². The minimum absolute atomic E-state index is 0.0470. The minimum Gasteiger partial charge on any atom is -0.466 e. The molecule has 2 atom stereocenters. The molecule has 1 aliphatic heterocycles. The van der Waals surface area contributed by atoms with Gasteiger partial charge in [0, 0.05) is 62.8 Å². The number of benzene rings is 1. The maximum atomic E-state index is 14.2. The Labute approximate surface area is 281 Å². The van der Waals surface area contributed by atoms with E-state index in [4.69, 9.17) is 9.47 Å². The van der Waals surface area contributed by atoms with E-state index in [1.807, 2.05) is 0 Å². The van der Waals surface area contributed by atoms with Crippen LogP contribution in [0, 0.1) is 11.7 Å². The third-order valence-electron chi connectivity index (χ3n) is 9.20. The lowest BCUT2D eigenvalue weighted by Crippen LogP contribution is -2.60. The van der Waals surface area contributed by atoms with Gasteiger partial charge in [-0.3, -0.25) is 19.3 Å². The van der Waals surface area contributed by atoms with Crippen molar-refractivity contribution >= 4 is 46.8 Å². The Morgan fingerprint density at radius 2 is 1.65 bits per heavy atom. The second-order valence-corrected chi connectivity index (χ2v) is 13.6. The van der Waals surface area contributed by atoms with E-state index >= 15 is 0 Å². The quantitative estimate of drug-likeness (QED) is 0.331. The number of aryl methyl sites for hydroxylation is 1. The number of carbonyl (C=O) groups is 5. The van der Waals surface area contributed by atoms with E-state index in [1.54, 1.807) is 55.2 Å². The van der Waals surface area contributed by atoms with Gasteiger partial charge in [0.25, 0.3) is 5.91 Å². The Morgan fingerprint density at radius 1 is 1.02 bits per heavy atom. The van der Waals surface area contributed by atoms with Gasteiger partial charge in [0.2, 0.25) is 11.8 Å². The summed E-state index contributed by atoms with van der Waals surface area (Å²) in [6.45, 7) is 7.83. The van der Waals surface area contributed by atoms with Crippen molar-refractivity contribution in [2.75, 3.05) is 40.3 Å². The van der Waals surface area contributed by atoms with E-state index in [9.17, 15) is 28.4 Å². The van der Waals surface area contributed by atoms with Crippen molar-refractivity contribution in [2.24, 2.45) is 13.0 Å². The normalized spacial score (nSPS) is 17.2. The number of carbonyl (C=O) groups excluding carboxylic acids is 5. The number of methoxy groups -OCH3 is 1. The molecule has 13 heteroatoms. The summed E-state index contributed by atoms with van der Waals surface area (Å²) >= 11 is 0. The molecule has 0 bridgehead atoms. The second-order valence-electron chi connectivity index (χ2n) is 13.6. The molecule has 1 aliphatic carbocycles. The zero-order valence-corrected chi connectivity index (χ0v) is 29.0. The summed E-state index contributed by atoms with van der Waals surface area (Å²) in [7, 11) is 4.45. The monoisotopic (exact) mass is 669 g/mol. The standard InChI is InChI=1S/C35H48FN5O7/c1-22(38(5)34(46)48-35(2,3)4)31(43)37-29(23-11-9-8-10-12-23)32(44)40-17-19-41(20-18-40)33(45)30-25(14-16-28(42)47-7)26-21-24(36)13-15-27(26)39(30)6/h13-16,21-23,29H,8-12,17-20H2,1-7H3,(H,37,43)/b16-14+/t22-,29-/m0/s1. The molecule has 48 heavy (non-hydrogen) atoms. The van der Waals surface area contributed by atoms with Gasteiger partial charge in [-0.2, -0.15) is 0 Å². The SMILES string of the molecule is COC(=O)/C=C/c1c(C(=O)N2CCN(C(=O)[C@@H](NC(=O)[C@H](C)N(C)C(=O)OC(C)(C)C)C3CCCCC3)CC2)n(C)c2ccc(F)cc12. The van der Waals surface area contributed by atoms with Crippen LogP contribution in [-0.2, 0) is 30.9 Å². The fourth-order valence-electron chi connectivity index (χ4n) is 6.36. The number of likely N-dealkylation sites (N-methyl/N-ethyl adjacent to an activating group) is 1. The molecular formula is C35H48FN5O7. The van der Waals surface area contributed by atoms with Crippen LogP contribution in [0.15, 0.2) is 24.3 Å². The number of rotatable bonds is 8. The lowest BCUT2D eigenvalue weighted by molar-refractivity contribution is -0.140. The largest absolute Gasteiger partial charge is 0.466 e. The Hall–Kier alpha value is -4.42. The summed E-state index contributed by atoms with van der Waals surface area (Å²) in [5.74, 6) is -2.11. The zero-order chi connectivity index (χ0) is 35.3. The van der Waals surface area contributed by atoms with Crippen LogP contribution in [0.4, 0.5) is 9.18 Å². The van der Waals surface area contributed by atoms with Gasteiger partial charge < -0.3 is 29.2 Å². The summed E-state index contributed by atoms with van der Waals surface area (Å²) in [6, 6.07) is 2.58. The summed E-state index contributed by atoms with van der Waals surface area (Å²) in [5.41, 5.74) is 0.576. The number of amides is 4. The van der Waals surface area contributed by atoms with Crippen molar-refractivity contribution in [2.45, 2.75) is 77.5 Å². The van der Waals surface area contributed by atoms with Gasteiger partial charge in [-0.1, -0.05) is 19.3 Å². The van der Waals surface area contributed by atoms with Gasteiger partial charge in [-0.25, -0.2) is 14.0 Å². The highest BCUT2D eigenvalue weighted by molar-refractivity contribution is 6.06. The highest BCUT2D eigenvalue weighted by Crippen LogP contribution is 2.30. The maximum absolute atomic E-state index is 14.2. The molecule has 1 aromatic heterocycles. The first-order valence-corrected chi connectivity index (χ1v) is 16.5. The van der Waals surface area contributed by atoms with E-state index < -0.39 is 41.5 Å². The fourth-order valence-corrected chi connectivity index (χ4v) is 6.36. The molecule has 0 radical (unpaired) electrons. The van der Waals surface area contributed by atoms with Gasteiger partial charge in [0.05, 0.1) is 7.11 Å². The number of fused-ring (bicyclic) bond motifs is 1.